The molecule has 0 aromatic heterocycles. The molecule has 0 aliphatic carbocycles. The van der Waals surface area contributed by atoms with E-state index >= 15 is 0 Å². The first kappa shape index (κ1) is 8.61. The lowest BCUT2D eigenvalue weighted by Gasteiger charge is -2.00. The molecule has 0 aliphatic rings. The third-order valence-corrected chi connectivity index (χ3v) is 1.13. The topological polar surface area (TPSA) is 66.4 Å². The standard InChI is InChI=1S/C4H9NO3S/c1-2-5-4(6)3-9(7)8/h3-6H,2H2,1H3. The van der Waals surface area contributed by atoms with Crippen molar-refractivity contribution in [3.05, 3.63) is 0 Å². The molecule has 0 spiro atoms. The second-order valence-corrected chi connectivity index (χ2v) is 2.19. The molecule has 54 valence electrons. The Morgan fingerprint density at radius 2 is 2.33 bits per heavy atom. The molecule has 9 heavy (non-hydrogen) atoms. The van der Waals surface area contributed by atoms with Gasteiger partial charge in [0.1, 0.15) is 6.23 Å². The summed E-state index contributed by atoms with van der Waals surface area (Å²) in [5.74, 6) is 0. The molecule has 0 saturated carbocycles. The molecule has 0 aromatic carbocycles. The fourth-order valence-corrected chi connectivity index (χ4v) is 0.669. The summed E-state index contributed by atoms with van der Waals surface area (Å²) in [6, 6.07) is 0. The van der Waals surface area contributed by atoms with Crippen molar-refractivity contribution in [1.29, 1.82) is 0 Å². The molecular formula is C4H9NO3S. The van der Waals surface area contributed by atoms with Crippen molar-refractivity contribution >= 4 is 15.7 Å². The van der Waals surface area contributed by atoms with Crippen molar-refractivity contribution in [3.8, 4) is 0 Å². The number of rotatable bonds is 3. The minimum Gasteiger partial charge on any atom is -0.374 e. The predicted molar refractivity (Wildman–Crippen MR) is 34.7 cm³/mol. The van der Waals surface area contributed by atoms with Crippen molar-refractivity contribution in [2.24, 2.45) is 0 Å². The van der Waals surface area contributed by atoms with E-state index < -0.39 is 16.5 Å². The van der Waals surface area contributed by atoms with Crippen LogP contribution in [0.5, 0.6) is 0 Å². The lowest BCUT2D eigenvalue weighted by molar-refractivity contribution is 0.212. The second kappa shape index (κ2) is 4.49. The molecule has 0 aliphatic heterocycles. The zero-order valence-corrected chi connectivity index (χ0v) is 5.85. The number of aliphatic hydroxyl groups excluding tert-OH is 1. The number of nitrogens with one attached hydrogen (secondary N) is 1. The molecule has 0 heterocycles. The van der Waals surface area contributed by atoms with Gasteiger partial charge in [0.25, 0.3) is 0 Å². The van der Waals surface area contributed by atoms with E-state index in [0.29, 0.717) is 6.54 Å². The highest BCUT2D eigenvalue weighted by atomic mass is 32.2. The first-order valence-electron chi connectivity index (χ1n) is 2.51. The van der Waals surface area contributed by atoms with Gasteiger partial charge in [0, 0.05) is 0 Å². The lowest BCUT2D eigenvalue weighted by atomic mass is 10.6. The van der Waals surface area contributed by atoms with Crippen LogP contribution in [0.4, 0.5) is 0 Å². The maximum atomic E-state index is 9.83. The van der Waals surface area contributed by atoms with Crippen molar-refractivity contribution in [1.82, 2.24) is 5.32 Å². The molecule has 1 atom stereocenters. The monoisotopic (exact) mass is 151 g/mol. The Kier molecular flexibility index (Phi) is 4.29. The first-order chi connectivity index (χ1) is 4.16. The van der Waals surface area contributed by atoms with Crippen LogP contribution in [0, 0.1) is 0 Å². The summed E-state index contributed by atoms with van der Waals surface area (Å²) < 4.78 is 19.7. The van der Waals surface area contributed by atoms with Gasteiger partial charge in [-0.15, -0.1) is 0 Å². The van der Waals surface area contributed by atoms with E-state index in [4.69, 9.17) is 5.11 Å². The maximum absolute atomic E-state index is 9.83. The van der Waals surface area contributed by atoms with Crippen LogP contribution in [-0.2, 0) is 10.3 Å². The average molecular weight is 151 g/mol. The van der Waals surface area contributed by atoms with E-state index in [1.165, 1.54) is 0 Å². The molecule has 4 nitrogen and oxygen atoms in total. The van der Waals surface area contributed by atoms with Crippen molar-refractivity contribution in [3.63, 3.8) is 0 Å². The van der Waals surface area contributed by atoms with E-state index in [2.05, 4.69) is 5.32 Å². The fourth-order valence-electron chi connectivity index (χ4n) is 0.362. The predicted octanol–water partition coefficient (Wildman–Crippen LogP) is -1.40. The SMILES string of the molecule is CCNC(O)C=S(=O)=O. The van der Waals surface area contributed by atoms with Gasteiger partial charge in [-0.25, -0.2) is 0 Å². The van der Waals surface area contributed by atoms with Gasteiger partial charge in [0.2, 0.25) is 10.3 Å². The van der Waals surface area contributed by atoms with Crippen LogP contribution in [-0.4, -0.2) is 31.7 Å². The highest BCUT2D eigenvalue weighted by molar-refractivity contribution is 7.71. The molecule has 0 fully saturated rings. The molecule has 0 saturated heterocycles. The molecule has 0 aromatic rings. The van der Waals surface area contributed by atoms with Crippen LogP contribution >= 0.6 is 0 Å². The number of hydrogen-bond donors (Lipinski definition) is 2. The lowest BCUT2D eigenvalue weighted by Crippen LogP contribution is -2.29. The van der Waals surface area contributed by atoms with Crippen LogP contribution in [0.3, 0.4) is 0 Å². The Morgan fingerprint density at radius 3 is 2.67 bits per heavy atom. The summed E-state index contributed by atoms with van der Waals surface area (Å²) in [5.41, 5.74) is 0. The van der Waals surface area contributed by atoms with Crippen LogP contribution < -0.4 is 5.32 Å². The molecular weight excluding hydrogens is 142 g/mol. The van der Waals surface area contributed by atoms with E-state index in [9.17, 15) is 8.42 Å². The van der Waals surface area contributed by atoms with Crippen LogP contribution in [0.2, 0.25) is 0 Å². The van der Waals surface area contributed by atoms with E-state index in [1.807, 2.05) is 0 Å². The van der Waals surface area contributed by atoms with Crippen molar-refractivity contribution in [2.45, 2.75) is 13.2 Å². The molecule has 0 rings (SSSR count). The fraction of sp³-hybridized carbons (Fsp3) is 0.750. The van der Waals surface area contributed by atoms with Gasteiger partial charge in [0.15, 0.2) is 0 Å². The maximum Gasteiger partial charge on any atom is 0.213 e. The Hall–Kier alpha value is -0.390. The number of hydrogen-bond acceptors (Lipinski definition) is 4. The van der Waals surface area contributed by atoms with Crippen LogP contribution in [0.25, 0.3) is 0 Å². The highest BCUT2D eigenvalue weighted by Gasteiger charge is 1.93. The third kappa shape index (κ3) is 5.48. The summed E-state index contributed by atoms with van der Waals surface area (Å²) in [4.78, 5) is 0. The van der Waals surface area contributed by atoms with Crippen molar-refractivity contribution < 1.29 is 13.5 Å². The molecule has 2 N–H and O–H groups in total. The summed E-state index contributed by atoms with van der Waals surface area (Å²) in [7, 11) is -2.28. The summed E-state index contributed by atoms with van der Waals surface area (Å²) in [6.45, 7) is 2.31. The highest BCUT2D eigenvalue weighted by Crippen LogP contribution is 1.65. The molecule has 1 unspecified atom stereocenters. The Bertz CT molecular complexity index is 176. The van der Waals surface area contributed by atoms with Gasteiger partial charge in [-0.05, 0) is 6.54 Å². The smallest absolute Gasteiger partial charge is 0.213 e. The minimum atomic E-state index is -2.28. The average Bonchev–Trinajstić information content (AvgIpc) is 1.63. The van der Waals surface area contributed by atoms with Crippen LogP contribution in [0.1, 0.15) is 6.92 Å². The minimum absolute atomic E-state index is 0.537. The first-order valence-corrected chi connectivity index (χ1v) is 3.65. The van der Waals surface area contributed by atoms with Gasteiger partial charge < -0.3 is 5.11 Å². The van der Waals surface area contributed by atoms with Gasteiger partial charge in [0.05, 0.1) is 5.37 Å². The van der Waals surface area contributed by atoms with E-state index in [1.54, 1.807) is 6.92 Å². The number of aliphatic hydroxyl groups is 1. The zero-order valence-electron chi connectivity index (χ0n) is 5.03. The van der Waals surface area contributed by atoms with Gasteiger partial charge in [-0.2, -0.15) is 8.42 Å². The largest absolute Gasteiger partial charge is 0.374 e. The zero-order chi connectivity index (χ0) is 7.28. The molecule has 0 bridgehead atoms. The molecule has 5 heteroatoms. The third-order valence-electron chi connectivity index (χ3n) is 0.653. The van der Waals surface area contributed by atoms with Crippen molar-refractivity contribution in [2.75, 3.05) is 6.54 Å². The Morgan fingerprint density at radius 1 is 1.78 bits per heavy atom. The Labute approximate surface area is 55.0 Å². The van der Waals surface area contributed by atoms with Gasteiger partial charge >= 0.3 is 0 Å². The summed E-state index contributed by atoms with van der Waals surface area (Å²) in [6.07, 6.45) is -1.05. The summed E-state index contributed by atoms with van der Waals surface area (Å²) >= 11 is 0. The van der Waals surface area contributed by atoms with Gasteiger partial charge in [-0.1, -0.05) is 6.92 Å². The summed E-state index contributed by atoms with van der Waals surface area (Å²) in [5, 5.41) is 11.9. The normalized spacial score (nSPS) is 12.7. The quantitative estimate of drug-likeness (QED) is 0.384. The molecule has 0 amide bonds. The molecule has 0 radical (unpaired) electrons. The Balaban J connectivity index is 3.77. The van der Waals surface area contributed by atoms with Crippen LogP contribution in [0.15, 0.2) is 0 Å². The second-order valence-electron chi connectivity index (χ2n) is 1.40. The van der Waals surface area contributed by atoms with E-state index in [-0.39, 0.29) is 0 Å². The van der Waals surface area contributed by atoms with E-state index in [0.717, 1.165) is 5.37 Å². The van der Waals surface area contributed by atoms with Gasteiger partial charge in [-0.3, -0.25) is 5.32 Å².